The molecule has 1 unspecified atom stereocenters. The Morgan fingerprint density at radius 2 is 1.91 bits per heavy atom. The van der Waals surface area contributed by atoms with E-state index in [0.717, 1.165) is 42.2 Å². The van der Waals surface area contributed by atoms with Gasteiger partial charge in [-0.05, 0) is 50.3 Å². The Morgan fingerprint density at radius 3 is 2.61 bits per heavy atom. The molecule has 23 heavy (non-hydrogen) atoms. The maximum atomic E-state index is 12.1. The molecule has 0 N–H and O–H groups in total. The third kappa shape index (κ3) is 2.96. The molecule has 1 aliphatic carbocycles. The Labute approximate surface area is 134 Å². The molecule has 0 saturated carbocycles. The lowest BCUT2D eigenvalue weighted by Gasteiger charge is -2.19. The Bertz CT molecular complexity index is 807. The maximum absolute atomic E-state index is 12.1. The van der Waals surface area contributed by atoms with Crippen LogP contribution >= 0.6 is 0 Å². The fourth-order valence-corrected chi connectivity index (χ4v) is 3.12. The highest BCUT2D eigenvalue weighted by molar-refractivity contribution is 5.83. The SMILES string of the molecule is CC(Oc1ccc2c3c(c(=O)oc2c1)CCCC3)C(=O)N(C)C. The molecule has 0 spiro atoms. The summed E-state index contributed by atoms with van der Waals surface area (Å²) in [7, 11) is 3.38. The van der Waals surface area contributed by atoms with Crippen molar-refractivity contribution in [3.63, 3.8) is 0 Å². The van der Waals surface area contributed by atoms with Crippen LogP contribution in [0.25, 0.3) is 11.0 Å². The molecule has 0 fully saturated rings. The molecule has 1 aromatic carbocycles. The fraction of sp³-hybridized carbons (Fsp3) is 0.444. The highest BCUT2D eigenvalue weighted by Gasteiger charge is 2.20. The third-order valence-corrected chi connectivity index (χ3v) is 4.30. The first-order valence-electron chi connectivity index (χ1n) is 7.94. The molecule has 3 rings (SSSR count). The number of rotatable bonds is 3. The molecule has 5 nitrogen and oxygen atoms in total. The van der Waals surface area contributed by atoms with Gasteiger partial charge in [-0.15, -0.1) is 0 Å². The largest absolute Gasteiger partial charge is 0.481 e. The van der Waals surface area contributed by atoms with Gasteiger partial charge in [0, 0.05) is 31.1 Å². The number of aryl methyl sites for hydroxylation is 1. The van der Waals surface area contributed by atoms with Crippen LogP contribution in [0.3, 0.4) is 0 Å². The van der Waals surface area contributed by atoms with E-state index in [1.54, 1.807) is 27.1 Å². The molecule has 0 radical (unpaired) electrons. The number of hydrogen-bond donors (Lipinski definition) is 0. The van der Waals surface area contributed by atoms with Crippen LogP contribution in [0.1, 0.15) is 30.9 Å². The summed E-state index contributed by atoms with van der Waals surface area (Å²) in [6, 6.07) is 5.45. The van der Waals surface area contributed by atoms with Gasteiger partial charge in [-0.2, -0.15) is 0 Å². The second kappa shape index (κ2) is 6.07. The second-order valence-electron chi connectivity index (χ2n) is 6.20. The number of nitrogens with zero attached hydrogens (tertiary/aromatic N) is 1. The number of fused-ring (bicyclic) bond motifs is 3. The highest BCUT2D eigenvalue weighted by atomic mass is 16.5. The van der Waals surface area contributed by atoms with Crippen molar-refractivity contribution in [2.45, 2.75) is 38.7 Å². The van der Waals surface area contributed by atoms with Gasteiger partial charge in [0.05, 0.1) is 0 Å². The van der Waals surface area contributed by atoms with Crippen molar-refractivity contribution in [2.24, 2.45) is 0 Å². The molecular formula is C18H21NO4. The van der Waals surface area contributed by atoms with E-state index in [2.05, 4.69) is 0 Å². The zero-order valence-corrected chi connectivity index (χ0v) is 13.7. The highest BCUT2D eigenvalue weighted by Crippen LogP contribution is 2.29. The fourth-order valence-electron chi connectivity index (χ4n) is 3.12. The zero-order chi connectivity index (χ0) is 16.6. The minimum Gasteiger partial charge on any atom is -0.481 e. The van der Waals surface area contributed by atoms with Gasteiger partial charge in [0.25, 0.3) is 5.91 Å². The summed E-state index contributed by atoms with van der Waals surface area (Å²) >= 11 is 0. The van der Waals surface area contributed by atoms with Gasteiger partial charge in [0.2, 0.25) is 0 Å². The van der Waals surface area contributed by atoms with Gasteiger partial charge in [-0.1, -0.05) is 0 Å². The summed E-state index contributed by atoms with van der Waals surface area (Å²) in [5, 5.41) is 0.971. The first-order chi connectivity index (χ1) is 11.0. The molecule has 1 amide bonds. The Kier molecular flexibility index (Phi) is 4.11. The number of benzene rings is 1. The lowest BCUT2D eigenvalue weighted by molar-refractivity contribution is -0.135. The van der Waals surface area contributed by atoms with Crippen LogP contribution in [0.2, 0.25) is 0 Å². The van der Waals surface area contributed by atoms with Gasteiger partial charge in [-0.25, -0.2) is 4.79 Å². The normalized spacial score (nSPS) is 15.1. The van der Waals surface area contributed by atoms with E-state index >= 15 is 0 Å². The van der Waals surface area contributed by atoms with Crippen molar-refractivity contribution in [2.75, 3.05) is 14.1 Å². The first-order valence-corrected chi connectivity index (χ1v) is 7.94. The van der Waals surface area contributed by atoms with Crippen molar-refractivity contribution in [1.82, 2.24) is 4.90 Å². The molecule has 0 saturated heterocycles. The second-order valence-corrected chi connectivity index (χ2v) is 6.20. The van der Waals surface area contributed by atoms with E-state index in [0.29, 0.717) is 11.3 Å². The van der Waals surface area contributed by atoms with Crippen LogP contribution in [0.15, 0.2) is 27.4 Å². The van der Waals surface area contributed by atoms with Crippen molar-refractivity contribution in [3.05, 3.63) is 39.7 Å². The third-order valence-electron chi connectivity index (χ3n) is 4.30. The minimum absolute atomic E-state index is 0.114. The zero-order valence-electron chi connectivity index (χ0n) is 13.7. The monoisotopic (exact) mass is 315 g/mol. The van der Waals surface area contributed by atoms with E-state index < -0.39 is 6.10 Å². The summed E-state index contributed by atoms with van der Waals surface area (Å²) in [6.45, 7) is 1.70. The van der Waals surface area contributed by atoms with Gasteiger partial charge < -0.3 is 14.1 Å². The Hall–Kier alpha value is -2.30. The van der Waals surface area contributed by atoms with Gasteiger partial charge in [-0.3, -0.25) is 4.79 Å². The summed E-state index contributed by atoms with van der Waals surface area (Å²) in [4.78, 5) is 25.5. The predicted octanol–water partition coefficient (Wildman–Crippen LogP) is 2.53. The van der Waals surface area contributed by atoms with Crippen LogP contribution in [0.5, 0.6) is 5.75 Å². The number of ether oxygens (including phenoxy) is 1. The standard InChI is InChI=1S/C18H21NO4/c1-11(17(20)19(2)3)22-12-8-9-14-13-6-4-5-7-15(13)18(21)23-16(14)10-12/h8-11H,4-7H2,1-3H3. The molecule has 0 aliphatic heterocycles. The number of hydrogen-bond acceptors (Lipinski definition) is 4. The molecule has 5 heteroatoms. The van der Waals surface area contributed by atoms with Crippen LogP contribution in [0, 0.1) is 0 Å². The number of likely N-dealkylation sites (N-methyl/N-ethyl adjacent to an activating group) is 1. The van der Waals surface area contributed by atoms with Gasteiger partial charge >= 0.3 is 5.63 Å². The first kappa shape index (κ1) is 15.6. The van der Waals surface area contributed by atoms with Gasteiger partial charge in [0.1, 0.15) is 11.3 Å². The minimum atomic E-state index is -0.591. The maximum Gasteiger partial charge on any atom is 0.339 e. The van der Waals surface area contributed by atoms with E-state index in [1.807, 2.05) is 12.1 Å². The predicted molar refractivity (Wildman–Crippen MR) is 87.9 cm³/mol. The molecule has 0 bridgehead atoms. The van der Waals surface area contributed by atoms with Crippen molar-refractivity contribution in [3.8, 4) is 5.75 Å². The number of carbonyl (C=O) groups excluding carboxylic acids is 1. The molecular weight excluding hydrogens is 294 g/mol. The van der Waals surface area contributed by atoms with Crippen molar-refractivity contribution >= 4 is 16.9 Å². The summed E-state index contributed by atoms with van der Waals surface area (Å²) in [5.74, 6) is 0.413. The average molecular weight is 315 g/mol. The van der Waals surface area contributed by atoms with Crippen molar-refractivity contribution in [1.29, 1.82) is 0 Å². The lowest BCUT2D eigenvalue weighted by atomic mass is 9.91. The van der Waals surface area contributed by atoms with Crippen LogP contribution in [0.4, 0.5) is 0 Å². The molecule has 1 atom stereocenters. The quantitative estimate of drug-likeness (QED) is 0.817. The van der Waals surface area contributed by atoms with Crippen LogP contribution in [-0.4, -0.2) is 31.0 Å². The van der Waals surface area contributed by atoms with E-state index in [9.17, 15) is 9.59 Å². The summed E-state index contributed by atoms with van der Waals surface area (Å²) in [5.41, 5.74) is 2.19. The number of carbonyl (C=O) groups is 1. The van der Waals surface area contributed by atoms with E-state index in [1.165, 1.54) is 4.90 Å². The Balaban J connectivity index is 1.97. The van der Waals surface area contributed by atoms with Crippen LogP contribution < -0.4 is 10.4 Å². The molecule has 1 heterocycles. The molecule has 2 aromatic rings. The van der Waals surface area contributed by atoms with Gasteiger partial charge in [0.15, 0.2) is 6.10 Å². The summed E-state index contributed by atoms with van der Waals surface area (Å²) < 4.78 is 11.1. The van der Waals surface area contributed by atoms with E-state index in [4.69, 9.17) is 9.15 Å². The average Bonchev–Trinajstić information content (AvgIpc) is 2.54. The lowest BCUT2D eigenvalue weighted by Crippen LogP contribution is -2.35. The van der Waals surface area contributed by atoms with Crippen molar-refractivity contribution < 1.29 is 13.9 Å². The Morgan fingerprint density at radius 1 is 1.22 bits per heavy atom. The molecule has 1 aromatic heterocycles. The van der Waals surface area contributed by atoms with Crippen LogP contribution in [-0.2, 0) is 17.6 Å². The molecule has 1 aliphatic rings. The topological polar surface area (TPSA) is 59.8 Å². The van der Waals surface area contributed by atoms with E-state index in [-0.39, 0.29) is 11.5 Å². The summed E-state index contributed by atoms with van der Waals surface area (Å²) in [6.07, 6.45) is 3.24. The smallest absolute Gasteiger partial charge is 0.339 e. The molecule has 122 valence electrons. The number of amides is 1.